The summed E-state index contributed by atoms with van der Waals surface area (Å²) in [6.07, 6.45) is 0. The van der Waals surface area contributed by atoms with Gasteiger partial charge in [0.05, 0.1) is 4.47 Å². The van der Waals surface area contributed by atoms with Crippen molar-refractivity contribution in [2.24, 2.45) is 0 Å². The van der Waals surface area contributed by atoms with E-state index in [9.17, 15) is 0 Å². The van der Waals surface area contributed by atoms with Crippen molar-refractivity contribution in [1.82, 2.24) is 0 Å². The Labute approximate surface area is 208 Å². The number of thiophene rings is 1. The maximum atomic E-state index is 6.16. The van der Waals surface area contributed by atoms with E-state index < -0.39 is 0 Å². The highest BCUT2D eigenvalue weighted by Crippen LogP contribution is 2.43. The van der Waals surface area contributed by atoms with Crippen LogP contribution in [0.1, 0.15) is 0 Å². The van der Waals surface area contributed by atoms with E-state index in [4.69, 9.17) is 4.42 Å². The minimum absolute atomic E-state index is 0.872. The summed E-state index contributed by atoms with van der Waals surface area (Å²) in [7, 11) is 0. The topological polar surface area (TPSA) is 16.4 Å². The lowest BCUT2D eigenvalue weighted by atomic mass is 10.1. The Hall–Kier alpha value is -3.60. The zero-order valence-electron chi connectivity index (χ0n) is 18.0. The quantitative estimate of drug-likeness (QED) is 0.230. The third kappa shape index (κ3) is 3.07. The summed E-state index contributed by atoms with van der Waals surface area (Å²) < 4.78 is 9.72. The maximum absolute atomic E-state index is 6.16. The molecule has 2 aromatic heterocycles. The minimum Gasteiger partial charge on any atom is -0.455 e. The molecule has 2 heterocycles. The van der Waals surface area contributed by atoms with Gasteiger partial charge in [-0.05, 0) is 70.5 Å². The number of benzene rings is 5. The normalized spacial score (nSPS) is 11.7. The van der Waals surface area contributed by atoms with Crippen LogP contribution in [0.5, 0.6) is 0 Å². The first-order valence-electron chi connectivity index (χ1n) is 11.1. The molecule has 5 aromatic carbocycles. The SMILES string of the molecule is Brc1cc(N(c2ccccc2)c2ccc3sc4ccccc4c3c2)cc2c1oc1ccccc12. The highest BCUT2D eigenvalue weighted by atomic mass is 79.9. The first kappa shape index (κ1) is 19.8. The maximum Gasteiger partial charge on any atom is 0.149 e. The lowest BCUT2D eigenvalue weighted by molar-refractivity contribution is 0.667. The second kappa shape index (κ2) is 7.73. The van der Waals surface area contributed by atoms with E-state index in [1.54, 1.807) is 0 Å². The predicted octanol–water partition coefficient (Wildman–Crippen LogP) is 10.2. The molecule has 0 aliphatic rings. The molecule has 0 aliphatic carbocycles. The van der Waals surface area contributed by atoms with Crippen LogP contribution >= 0.6 is 27.3 Å². The second-order valence-electron chi connectivity index (χ2n) is 8.35. The fourth-order valence-electron chi connectivity index (χ4n) is 4.78. The van der Waals surface area contributed by atoms with Crippen LogP contribution in [0.4, 0.5) is 17.1 Å². The van der Waals surface area contributed by atoms with Gasteiger partial charge in [0.1, 0.15) is 11.2 Å². The first-order chi connectivity index (χ1) is 16.8. The van der Waals surface area contributed by atoms with E-state index in [0.29, 0.717) is 0 Å². The van der Waals surface area contributed by atoms with Gasteiger partial charge in [0.15, 0.2) is 0 Å². The van der Waals surface area contributed by atoms with Crippen molar-refractivity contribution >= 4 is 86.4 Å². The monoisotopic (exact) mass is 519 g/mol. The van der Waals surface area contributed by atoms with Crippen LogP contribution in [0, 0.1) is 0 Å². The van der Waals surface area contributed by atoms with Gasteiger partial charge in [0.2, 0.25) is 0 Å². The number of fused-ring (bicyclic) bond motifs is 6. The summed E-state index contributed by atoms with van der Waals surface area (Å²) in [5.74, 6) is 0. The van der Waals surface area contributed by atoms with Crippen molar-refractivity contribution in [3.8, 4) is 0 Å². The Balaban J connectivity index is 1.50. The third-order valence-corrected chi connectivity index (χ3v) is 8.05. The standard InChI is InChI=1S/C30H18BrNOS/c31-26-18-21(17-25-22-10-4-6-12-27(22)33-30(25)26)32(19-8-2-1-3-9-19)20-14-15-29-24(16-20)23-11-5-7-13-28(23)34-29/h1-18H. The van der Waals surface area contributed by atoms with Crippen LogP contribution in [0.25, 0.3) is 42.1 Å². The van der Waals surface area contributed by atoms with Crippen LogP contribution in [0.3, 0.4) is 0 Å². The molecule has 7 aromatic rings. The molecular formula is C30H18BrNOS. The second-order valence-corrected chi connectivity index (χ2v) is 10.3. The van der Waals surface area contributed by atoms with E-state index in [-0.39, 0.29) is 0 Å². The Kier molecular flexibility index (Phi) is 4.51. The number of hydrogen-bond acceptors (Lipinski definition) is 3. The number of anilines is 3. The molecule has 2 nitrogen and oxygen atoms in total. The van der Waals surface area contributed by atoms with Crippen molar-refractivity contribution in [2.45, 2.75) is 0 Å². The van der Waals surface area contributed by atoms with Crippen LogP contribution < -0.4 is 4.90 Å². The average Bonchev–Trinajstić information content (AvgIpc) is 3.44. The fourth-order valence-corrected chi connectivity index (χ4v) is 6.39. The van der Waals surface area contributed by atoms with E-state index in [0.717, 1.165) is 43.5 Å². The molecule has 0 spiro atoms. The van der Waals surface area contributed by atoms with Crippen molar-refractivity contribution in [2.75, 3.05) is 4.90 Å². The van der Waals surface area contributed by atoms with Gasteiger partial charge < -0.3 is 9.32 Å². The minimum atomic E-state index is 0.872. The van der Waals surface area contributed by atoms with Crippen molar-refractivity contribution < 1.29 is 4.42 Å². The lowest BCUT2D eigenvalue weighted by Crippen LogP contribution is -2.09. The van der Waals surface area contributed by atoms with Crippen LogP contribution in [-0.4, -0.2) is 0 Å². The first-order valence-corrected chi connectivity index (χ1v) is 12.7. The largest absolute Gasteiger partial charge is 0.455 e. The summed E-state index contributed by atoms with van der Waals surface area (Å²) >= 11 is 5.63. The third-order valence-electron chi connectivity index (χ3n) is 6.31. The van der Waals surface area contributed by atoms with Crippen LogP contribution in [-0.2, 0) is 0 Å². The molecule has 162 valence electrons. The molecule has 0 saturated carbocycles. The molecule has 4 heteroatoms. The summed E-state index contributed by atoms with van der Waals surface area (Å²) in [4.78, 5) is 2.32. The molecule has 0 atom stereocenters. The van der Waals surface area contributed by atoms with Crippen molar-refractivity contribution in [1.29, 1.82) is 0 Å². The Bertz CT molecular complexity index is 1830. The number of para-hydroxylation sites is 2. The van der Waals surface area contributed by atoms with Crippen LogP contribution in [0.2, 0.25) is 0 Å². The molecule has 34 heavy (non-hydrogen) atoms. The van der Waals surface area contributed by atoms with Gasteiger partial charge in [-0.15, -0.1) is 11.3 Å². The molecule has 0 amide bonds. The number of hydrogen-bond donors (Lipinski definition) is 0. The number of furan rings is 1. The van der Waals surface area contributed by atoms with Crippen molar-refractivity contribution in [3.05, 3.63) is 114 Å². The number of halogens is 1. The molecule has 0 saturated heterocycles. The molecule has 7 rings (SSSR count). The smallest absolute Gasteiger partial charge is 0.149 e. The highest BCUT2D eigenvalue weighted by molar-refractivity contribution is 9.10. The zero-order chi connectivity index (χ0) is 22.6. The number of nitrogens with zero attached hydrogens (tertiary/aromatic N) is 1. The Morgan fingerprint density at radius 3 is 2.15 bits per heavy atom. The number of rotatable bonds is 3. The summed E-state index contributed by atoms with van der Waals surface area (Å²) in [5, 5.41) is 4.80. The van der Waals surface area contributed by atoms with Gasteiger partial charge in [-0.2, -0.15) is 0 Å². The van der Waals surface area contributed by atoms with Gasteiger partial charge in [0.25, 0.3) is 0 Å². The van der Waals surface area contributed by atoms with Gasteiger partial charge in [0, 0.05) is 48.0 Å². The summed E-state index contributed by atoms with van der Waals surface area (Å²) in [5.41, 5.74) is 5.09. The molecule has 0 fully saturated rings. The van der Waals surface area contributed by atoms with Gasteiger partial charge in [-0.1, -0.05) is 54.6 Å². The Morgan fingerprint density at radius 2 is 1.26 bits per heavy atom. The molecule has 0 unspecified atom stereocenters. The average molecular weight is 520 g/mol. The molecule has 0 aliphatic heterocycles. The molecule has 0 radical (unpaired) electrons. The lowest BCUT2D eigenvalue weighted by Gasteiger charge is -2.26. The van der Waals surface area contributed by atoms with E-state index in [1.807, 2.05) is 23.5 Å². The fraction of sp³-hybridized carbons (Fsp3) is 0. The summed E-state index contributed by atoms with van der Waals surface area (Å²) in [6.45, 7) is 0. The zero-order valence-corrected chi connectivity index (χ0v) is 20.4. The Morgan fingerprint density at radius 1 is 0.559 bits per heavy atom. The van der Waals surface area contributed by atoms with Crippen LogP contribution in [0.15, 0.2) is 118 Å². The van der Waals surface area contributed by atoms with E-state index in [2.05, 4.69) is 118 Å². The van der Waals surface area contributed by atoms with E-state index >= 15 is 0 Å². The van der Waals surface area contributed by atoms with Gasteiger partial charge >= 0.3 is 0 Å². The van der Waals surface area contributed by atoms with Crippen molar-refractivity contribution in [3.63, 3.8) is 0 Å². The molecule has 0 N–H and O–H groups in total. The van der Waals surface area contributed by atoms with E-state index in [1.165, 1.54) is 20.2 Å². The highest BCUT2D eigenvalue weighted by Gasteiger charge is 2.18. The summed E-state index contributed by atoms with van der Waals surface area (Å²) in [6, 6.07) is 38.5. The van der Waals surface area contributed by atoms with Gasteiger partial charge in [-0.3, -0.25) is 0 Å². The predicted molar refractivity (Wildman–Crippen MR) is 149 cm³/mol. The molecule has 0 bridgehead atoms. The molecular weight excluding hydrogens is 502 g/mol. The van der Waals surface area contributed by atoms with Gasteiger partial charge in [-0.25, -0.2) is 0 Å².